The van der Waals surface area contributed by atoms with E-state index in [9.17, 15) is 14.4 Å². The summed E-state index contributed by atoms with van der Waals surface area (Å²) in [5.74, 6) is -0.0855. The fourth-order valence-corrected chi connectivity index (χ4v) is 4.11. The minimum absolute atomic E-state index is 0.0842. The van der Waals surface area contributed by atoms with Crippen LogP contribution in [0.4, 0.5) is 9.93 Å². The molecule has 11 heteroatoms. The van der Waals surface area contributed by atoms with E-state index in [1.807, 2.05) is 0 Å². The number of carbonyl (C=O) groups is 3. The lowest BCUT2D eigenvalue weighted by Gasteiger charge is -2.30. The van der Waals surface area contributed by atoms with E-state index in [0.717, 1.165) is 22.7 Å². The van der Waals surface area contributed by atoms with Gasteiger partial charge in [0.25, 0.3) is 30.0 Å². The lowest BCUT2D eigenvalue weighted by atomic mass is 10.1. The molecule has 1 aromatic rings. The van der Waals surface area contributed by atoms with Gasteiger partial charge in [0, 0.05) is 20.0 Å². The third kappa shape index (κ3) is 3.46. The molecule has 1 fully saturated rings. The third-order valence-electron chi connectivity index (χ3n) is 4.74. The molecule has 0 saturated carbocycles. The molecule has 4 amide bonds. The number of urea groups is 1. The standard InChI is InChI=1S/C16H21N7O3S/c1-5-9(6-2)13-19-20-15(27-13)18-10(24)7-23-8-17-12-11(23)14(25)22(4)16(26)21(12)3/h8-9,11H,5-7H2,1-4H3/p+1. The molecule has 0 aromatic carbocycles. The van der Waals surface area contributed by atoms with E-state index in [1.165, 1.54) is 34.2 Å². The highest BCUT2D eigenvalue weighted by molar-refractivity contribution is 7.15. The maximum atomic E-state index is 12.4. The first-order valence-corrected chi connectivity index (χ1v) is 9.54. The molecule has 2 aliphatic rings. The molecule has 1 N–H and O–H groups in total. The average Bonchev–Trinajstić information content (AvgIpc) is 3.27. The monoisotopic (exact) mass is 392 g/mol. The molecule has 2 aliphatic heterocycles. The summed E-state index contributed by atoms with van der Waals surface area (Å²) in [6.07, 6.45) is 3.34. The van der Waals surface area contributed by atoms with E-state index in [4.69, 9.17) is 0 Å². The molecule has 144 valence electrons. The van der Waals surface area contributed by atoms with E-state index < -0.39 is 18.0 Å². The number of aliphatic imine (C=N–C) groups is 1. The second-order valence-electron chi connectivity index (χ2n) is 6.42. The van der Waals surface area contributed by atoms with Crippen LogP contribution >= 0.6 is 11.3 Å². The highest BCUT2D eigenvalue weighted by Crippen LogP contribution is 2.28. The van der Waals surface area contributed by atoms with Crippen LogP contribution in [-0.2, 0) is 9.59 Å². The maximum absolute atomic E-state index is 12.4. The summed E-state index contributed by atoms with van der Waals surface area (Å²) < 4.78 is 1.51. The number of imide groups is 1. The first-order chi connectivity index (χ1) is 12.9. The lowest BCUT2D eigenvalue weighted by molar-refractivity contribution is -0.519. The van der Waals surface area contributed by atoms with Crippen molar-refractivity contribution in [1.82, 2.24) is 20.0 Å². The van der Waals surface area contributed by atoms with Crippen LogP contribution in [0.1, 0.15) is 37.6 Å². The molecule has 1 atom stereocenters. The van der Waals surface area contributed by atoms with Crippen LogP contribution in [-0.4, -0.2) is 81.3 Å². The van der Waals surface area contributed by atoms with E-state index in [-0.39, 0.29) is 12.5 Å². The summed E-state index contributed by atoms with van der Waals surface area (Å²) in [6, 6.07) is -1.23. The molecular formula is C16H22N7O3S+. The van der Waals surface area contributed by atoms with Gasteiger partial charge in [0.2, 0.25) is 5.13 Å². The van der Waals surface area contributed by atoms with Gasteiger partial charge in [0.15, 0.2) is 6.54 Å². The highest BCUT2D eigenvalue weighted by atomic mass is 32.1. The molecule has 3 rings (SSSR count). The van der Waals surface area contributed by atoms with Gasteiger partial charge in [-0.2, -0.15) is 0 Å². The van der Waals surface area contributed by atoms with Crippen LogP contribution in [0.2, 0.25) is 0 Å². The van der Waals surface area contributed by atoms with Crippen LogP contribution in [0.5, 0.6) is 0 Å². The second-order valence-corrected chi connectivity index (χ2v) is 7.43. The highest BCUT2D eigenvalue weighted by Gasteiger charge is 2.50. The average molecular weight is 392 g/mol. The molecule has 0 radical (unpaired) electrons. The molecule has 0 spiro atoms. The van der Waals surface area contributed by atoms with Gasteiger partial charge in [0.05, 0.1) is 0 Å². The smallest absolute Gasteiger partial charge is 0.297 e. The summed E-state index contributed by atoms with van der Waals surface area (Å²) in [5, 5.41) is 12.2. The number of hydrogen-bond donors (Lipinski definition) is 1. The largest absolute Gasteiger partial charge is 0.333 e. The molecular weight excluding hydrogens is 370 g/mol. The molecule has 1 aromatic heterocycles. The van der Waals surface area contributed by atoms with Gasteiger partial charge in [-0.3, -0.25) is 24.7 Å². The Kier molecular flexibility index (Phi) is 5.31. The van der Waals surface area contributed by atoms with Crippen LogP contribution in [0.25, 0.3) is 0 Å². The number of rotatable bonds is 6. The summed E-state index contributed by atoms with van der Waals surface area (Å²) >= 11 is 1.36. The molecule has 0 aliphatic carbocycles. The first kappa shape index (κ1) is 19.1. The van der Waals surface area contributed by atoms with Gasteiger partial charge < -0.3 is 0 Å². The Bertz CT molecular complexity index is 843. The second kappa shape index (κ2) is 7.51. The van der Waals surface area contributed by atoms with E-state index in [1.54, 1.807) is 7.05 Å². The summed E-state index contributed by atoms with van der Waals surface area (Å²) in [4.78, 5) is 43.3. The number of anilines is 1. The first-order valence-electron chi connectivity index (χ1n) is 8.72. The molecule has 10 nitrogen and oxygen atoms in total. The quantitative estimate of drug-likeness (QED) is 0.718. The minimum atomic E-state index is -0.780. The summed E-state index contributed by atoms with van der Waals surface area (Å²) in [6.45, 7) is 4.10. The van der Waals surface area contributed by atoms with Crippen molar-refractivity contribution in [3.8, 4) is 0 Å². The summed E-state index contributed by atoms with van der Waals surface area (Å²) in [7, 11) is 2.96. The minimum Gasteiger partial charge on any atom is -0.297 e. The van der Waals surface area contributed by atoms with E-state index in [0.29, 0.717) is 16.9 Å². The van der Waals surface area contributed by atoms with Crippen molar-refractivity contribution in [3.63, 3.8) is 0 Å². The number of amidine groups is 1. The number of nitrogens with zero attached hydrogens (tertiary/aromatic N) is 6. The predicted octanol–water partition coefficient (Wildman–Crippen LogP) is 0.725. The van der Waals surface area contributed by atoms with E-state index in [2.05, 4.69) is 34.4 Å². The van der Waals surface area contributed by atoms with Gasteiger partial charge in [-0.25, -0.2) is 9.37 Å². The molecule has 1 saturated heterocycles. The zero-order valence-electron chi connectivity index (χ0n) is 15.7. The van der Waals surface area contributed by atoms with Crippen molar-refractivity contribution >= 4 is 46.5 Å². The number of amides is 4. The molecule has 27 heavy (non-hydrogen) atoms. The van der Waals surface area contributed by atoms with Crippen molar-refractivity contribution in [2.75, 3.05) is 26.0 Å². The van der Waals surface area contributed by atoms with Gasteiger partial charge in [-0.1, -0.05) is 25.2 Å². The number of hydrogen-bond acceptors (Lipinski definition) is 7. The fourth-order valence-electron chi connectivity index (χ4n) is 3.09. The number of aromatic nitrogens is 2. The zero-order chi connectivity index (χ0) is 19.7. The Morgan fingerprint density at radius 2 is 1.96 bits per heavy atom. The zero-order valence-corrected chi connectivity index (χ0v) is 16.5. The Morgan fingerprint density at radius 1 is 1.26 bits per heavy atom. The number of fused-ring (bicyclic) bond motifs is 1. The maximum Gasteiger partial charge on any atom is 0.333 e. The Morgan fingerprint density at radius 3 is 2.63 bits per heavy atom. The van der Waals surface area contributed by atoms with Crippen molar-refractivity contribution in [3.05, 3.63) is 5.01 Å². The van der Waals surface area contributed by atoms with E-state index >= 15 is 0 Å². The van der Waals surface area contributed by atoms with Gasteiger partial charge >= 0.3 is 6.03 Å². The van der Waals surface area contributed by atoms with Crippen molar-refractivity contribution in [2.24, 2.45) is 4.99 Å². The van der Waals surface area contributed by atoms with Crippen molar-refractivity contribution in [1.29, 1.82) is 0 Å². The normalized spacial score (nSPS) is 19.4. The Labute approximate surface area is 160 Å². The number of nitrogens with one attached hydrogen (secondary N) is 1. The molecule has 3 heterocycles. The van der Waals surface area contributed by atoms with Gasteiger partial charge in [-0.15, -0.1) is 10.2 Å². The summed E-state index contributed by atoms with van der Waals surface area (Å²) in [5.41, 5.74) is 0. The molecule has 0 bridgehead atoms. The lowest BCUT2D eigenvalue weighted by Crippen LogP contribution is -2.61. The van der Waals surface area contributed by atoms with Crippen molar-refractivity contribution in [2.45, 2.75) is 38.6 Å². The Balaban J connectivity index is 1.66. The topological polar surface area (TPSA) is 111 Å². The van der Waals surface area contributed by atoms with Crippen LogP contribution in [0.3, 0.4) is 0 Å². The number of likely N-dealkylation sites (N-methyl/N-ethyl adjacent to an activating group) is 2. The fraction of sp³-hybridized carbons (Fsp3) is 0.562. The SMILES string of the molecule is CCC(CC)c1nnc(NC(=O)C[N+]2=CN=C3C2C(=O)N(C)C(=O)N3C)s1. The van der Waals surface area contributed by atoms with Gasteiger partial charge in [0.1, 0.15) is 5.01 Å². The third-order valence-corrected chi connectivity index (χ3v) is 5.75. The van der Waals surface area contributed by atoms with Gasteiger partial charge in [-0.05, 0) is 17.8 Å². The Hall–Kier alpha value is -2.69. The van der Waals surface area contributed by atoms with Crippen LogP contribution in [0, 0.1) is 0 Å². The predicted molar refractivity (Wildman–Crippen MR) is 100 cm³/mol. The van der Waals surface area contributed by atoms with Crippen molar-refractivity contribution < 1.29 is 19.0 Å². The van der Waals surface area contributed by atoms with Crippen LogP contribution < -0.4 is 5.32 Å². The van der Waals surface area contributed by atoms with Crippen LogP contribution in [0.15, 0.2) is 4.99 Å². The molecule has 1 unspecified atom stereocenters. The number of carbonyl (C=O) groups excluding carboxylic acids is 3.